The summed E-state index contributed by atoms with van der Waals surface area (Å²) in [6, 6.07) is 6.97. The maximum Gasteiger partial charge on any atom is 0.241 e. The minimum atomic E-state index is -0.273. The molecule has 6 nitrogen and oxygen atoms in total. The van der Waals surface area contributed by atoms with Crippen molar-refractivity contribution in [3.63, 3.8) is 0 Å². The molecule has 29 heavy (non-hydrogen) atoms. The van der Waals surface area contributed by atoms with Crippen molar-refractivity contribution in [1.29, 1.82) is 0 Å². The van der Waals surface area contributed by atoms with Gasteiger partial charge in [-0.3, -0.25) is 9.69 Å². The van der Waals surface area contributed by atoms with Gasteiger partial charge in [-0.05, 0) is 26.0 Å². The van der Waals surface area contributed by atoms with Gasteiger partial charge < -0.3 is 10.2 Å². The molecule has 156 valence electrons. The smallest absolute Gasteiger partial charge is 0.241 e. The molecule has 3 rings (SSSR count). The number of aryl methyl sites for hydroxylation is 1. The van der Waals surface area contributed by atoms with Gasteiger partial charge in [-0.2, -0.15) is 0 Å². The van der Waals surface area contributed by atoms with Crippen LogP contribution in [0, 0.1) is 6.92 Å². The number of nitrogens with zero attached hydrogens (tertiary/aromatic N) is 4. The van der Waals surface area contributed by atoms with Crippen molar-refractivity contribution in [2.45, 2.75) is 39.7 Å². The fourth-order valence-electron chi connectivity index (χ4n) is 3.34. The number of hydrogen-bond donors (Lipinski definition) is 1. The van der Waals surface area contributed by atoms with E-state index in [0.717, 1.165) is 43.5 Å². The fourth-order valence-corrected chi connectivity index (χ4v) is 3.68. The molecule has 1 aromatic carbocycles. The number of hydrogen-bond acceptors (Lipinski definition) is 5. The van der Waals surface area contributed by atoms with Crippen molar-refractivity contribution in [2.75, 3.05) is 36.4 Å². The summed E-state index contributed by atoms with van der Waals surface area (Å²) >= 11 is 12.2. The zero-order valence-corrected chi connectivity index (χ0v) is 18.8. The highest BCUT2D eigenvalue weighted by atomic mass is 35.5. The van der Waals surface area contributed by atoms with Gasteiger partial charge in [0.1, 0.15) is 11.6 Å². The monoisotopic (exact) mass is 435 g/mol. The first kappa shape index (κ1) is 21.8. The Labute approximate surface area is 182 Å². The number of carbonyl (C=O) groups excluding carboxylic acids is 1. The highest BCUT2D eigenvalue weighted by Crippen LogP contribution is 2.29. The minimum Gasteiger partial charge on any atom is -0.354 e. The molecule has 1 N–H and O–H groups in total. The molecule has 0 radical (unpaired) electrons. The number of rotatable bonds is 5. The predicted molar refractivity (Wildman–Crippen MR) is 119 cm³/mol. The number of nitrogens with one attached hydrogen (secondary N) is 1. The highest BCUT2D eigenvalue weighted by molar-refractivity contribution is 6.44. The van der Waals surface area contributed by atoms with Gasteiger partial charge in [-0.15, -0.1) is 0 Å². The van der Waals surface area contributed by atoms with Crippen LogP contribution in [0.2, 0.25) is 10.0 Å². The molecule has 1 amide bonds. The summed E-state index contributed by atoms with van der Waals surface area (Å²) in [6.45, 7) is 11.3. The van der Waals surface area contributed by atoms with E-state index in [1.165, 1.54) is 0 Å². The number of benzene rings is 1. The molecule has 2 heterocycles. The molecule has 1 aliphatic heterocycles. The van der Waals surface area contributed by atoms with Gasteiger partial charge in [0.2, 0.25) is 5.91 Å². The van der Waals surface area contributed by atoms with Crippen molar-refractivity contribution >= 4 is 40.6 Å². The molecule has 2 aromatic rings. The van der Waals surface area contributed by atoms with Gasteiger partial charge in [-0.25, -0.2) is 9.97 Å². The van der Waals surface area contributed by atoms with Gasteiger partial charge in [0, 0.05) is 43.9 Å². The molecule has 1 aromatic heterocycles. The van der Waals surface area contributed by atoms with Crippen LogP contribution >= 0.6 is 23.2 Å². The summed E-state index contributed by atoms with van der Waals surface area (Å²) in [6.07, 6.45) is 0. The summed E-state index contributed by atoms with van der Waals surface area (Å²) in [5, 5.41) is 3.67. The predicted octanol–water partition coefficient (Wildman–Crippen LogP) is 4.36. The van der Waals surface area contributed by atoms with Crippen LogP contribution in [-0.2, 0) is 4.79 Å². The van der Waals surface area contributed by atoms with Crippen LogP contribution in [0.3, 0.4) is 0 Å². The third kappa shape index (κ3) is 5.18. The van der Waals surface area contributed by atoms with Crippen molar-refractivity contribution in [1.82, 2.24) is 14.9 Å². The van der Waals surface area contributed by atoms with Crippen LogP contribution in [0.15, 0.2) is 24.3 Å². The fraction of sp³-hybridized carbons (Fsp3) is 0.476. The number of amides is 1. The summed E-state index contributed by atoms with van der Waals surface area (Å²) in [4.78, 5) is 26.4. The maximum absolute atomic E-state index is 12.7. The van der Waals surface area contributed by atoms with Crippen LogP contribution in [0.5, 0.6) is 0 Å². The zero-order valence-electron chi connectivity index (χ0n) is 17.2. The van der Waals surface area contributed by atoms with E-state index in [9.17, 15) is 4.79 Å². The van der Waals surface area contributed by atoms with Crippen LogP contribution in [0.25, 0.3) is 0 Å². The van der Waals surface area contributed by atoms with Crippen LogP contribution in [0.1, 0.15) is 38.2 Å². The molecule has 8 heteroatoms. The van der Waals surface area contributed by atoms with Gasteiger partial charge in [0.15, 0.2) is 0 Å². The summed E-state index contributed by atoms with van der Waals surface area (Å²) in [7, 11) is 0. The largest absolute Gasteiger partial charge is 0.354 e. The quantitative estimate of drug-likeness (QED) is 0.755. The number of carbonyl (C=O) groups is 1. The van der Waals surface area contributed by atoms with Gasteiger partial charge in [-0.1, -0.05) is 43.1 Å². The van der Waals surface area contributed by atoms with E-state index in [1.807, 2.05) is 19.9 Å². The molecule has 0 bridgehead atoms. The number of aromatic nitrogens is 2. The second-order valence-corrected chi connectivity index (χ2v) is 8.46. The summed E-state index contributed by atoms with van der Waals surface area (Å²) in [5.41, 5.74) is 1.51. The standard InChI is InChI=1S/C21H27Cl2N5O/c1-13(2)20-24-14(3)12-18(26-20)28-10-8-27(9-11-28)15(4)21(29)25-17-7-5-6-16(22)19(17)23/h5-7,12-13,15H,8-11H2,1-4H3,(H,25,29)/t15-/m1/s1. The van der Waals surface area contributed by atoms with Gasteiger partial charge in [0.25, 0.3) is 0 Å². The van der Waals surface area contributed by atoms with Crippen LogP contribution in [-0.4, -0.2) is 53.0 Å². The topological polar surface area (TPSA) is 61.4 Å². The Morgan fingerprint density at radius 1 is 1.10 bits per heavy atom. The number of halogens is 2. The Bertz CT molecular complexity index is 881. The Hall–Kier alpha value is -1.89. The van der Waals surface area contributed by atoms with Crippen molar-refractivity contribution in [3.05, 3.63) is 45.8 Å². The Morgan fingerprint density at radius 3 is 2.45 bits per heavy atom. The van der Waals surface area contributed by atoms with E-state index in [-0.39, 0.29) is 17.9 Å². The Balaban J connectivity index is 1.61. The first-order valence-electron chi connectivity index (χ1n) is 9.85. The Morgan fingerprint density at radius 2 is 1.79 bits per heavy atom. The first-order chi connectivity index (χ1) is 13.8. The molecule has 0 spiro atoms. The molecule has 1 fully saturated rings. The second kappa shape index (κ2) is 9.28. The minimum absolute atomic E-state index is 0.0948. The SMILES string of the molecule is Cc1cc(N2CCN([C@H](C)C(=O)Nc3cccc(Cl)c3Cl)CC2)nc(C(C)C)n1. The average molecular weight is 436 g/mol. The van der Waals surface area contributed by atoms with Crippen LogP contribution < -0.4 is 10.2 Å². The lowest BCUT2D eigenvalue weighted by atomic mass is 10.2. The summed E-state index contributed by atoms with van der Waals surface area (Å²) < 4.78 is 0. The second-order valence-electron chi connectivity index (χ2n) is 7.67. The molecule has 1 saturated heterocycles. The third-order valence-electron chi connectivity index (χ3n) is 5.15. The van der Waals surface area contributed by atoms with Gasteiger partial charge in [0.05, 0.1) is 21.8 Å². The Kier molecular flexibility index (Phi) is 6.98. The van der Waals surface area contributed by atoms with Crippen molar-refractivity contribution in [3.8, 4) is 0 Å². The van der Waals surface area contributed by atoms with E-state index in [1.54, 1.807) is 18.2 Å². The lowest BCUT2D eigenvalue weighted by Gasteiger charge is -2.38. The van der Waals surface area contributed by atoms with Crippen molar-refractivity contribution < 1.29 is 4.79 Å². The van der Waals surface area contributed by atoms with E-state index in [2.05, 4.69) is 33.9 Å². The lowest BCUT2D eigenvalue weighted by Crippen LogP contribution is -2.53. The average Bonchev–Trinajstić information content (AvgIpc) is 2.70. The normalized spacial score (nSPS) is 16.2. The van der Waals surface area contributed by atoms with E-state index < -0.39 is 0 Å². The third-order valence-corrected chi connectivity index (χ3v) is 5.97. The lowest BCUT2D eigenvalue weighted by molar-refractivity contribution is -0.120. The number of piperazine rings is 1. The molecule has 0 saturated carbocycles. The molecular formula is C21H27Cl2N5O. The van der Waals surface area contributed by atoms with E-state index >= 15 is 0 Å². The molecule has 0 unspecified atom stereocenters. The van der Waals surface area contributed by atoms with Crippen LogP contribution in [0.4, 0.5) is 11.5 Å². The molecule has 0 aliphatic carbocycles. The maximum atomic E-state index is 12.7. The zero-order chi connectivity index (χ0) is 21.1. The molecule has 1 atom stereocenters. The van der Waals surface area contributed by atoms with Gasteiger partial charge >= 0.3 is 0 Å². The molecular weight excluding hydrogens is 409 g/mol. The highest BCUT2D eigenvalue weighted by Gasteiger charge is 2.27. The molecule has 1 aliphatic rings. The summed E-state index contributed by atoms with van der Waals surface area (Å²) in [5.74, 6) is 2.02. The van der Waals surface area contributed by atoms with Crippen molar-refractivity contribution in [2.24, 2.45) is 0 Å². The van der Waals surface area contributed by atoms with E-state index in [0.29, 0.717) is 15.7 Å². The number of anilines is 2. The first-order valence-corrected chi connectivity index (χ1v) is 10.6. The van der Waals surface area contributed by atoms with E-state index in [4.69, 9.17) is 28.2 Å².